The van der Waals surface area contributed by atoms with E-state index in [-0.39, 0.29) is 17.9 Å². The zero-order valence-electron chi connectivity index (χ0n) is 16.4. The summed E-state index contributed by atoms with van der Waals surface area (Å²) in [5.41, 5.74) is 2.00. The van der Waals surface area contributed by atoms with E-state index in [4.69, 9.17) is 4.74 Å². The molecule has 1 saturated carbocycles. The van der Waals surface area contributed by atoms with Crippen LogP contribution in [0, 0.1) is 0 Å². The van der Waals surface area contributed by atoms with Crippen LogP contribution in [0.15, 0.2) is 48.5 Å². The van der Waals surface area contributed by atoms with Crippen molar-refractivity contribution in [3.63, 3.8) is 0 Å². The van der Waals surface area contributed by atoms with Crippen molar-refractivity contribution in [2.24, 2.45) is 0 Å². The first-order chi connectivity index (χ1) is 13.7. The summed E-state index contributed by atoms with van der Waals surface area (Å²) in [6.07, 6.45) is 6.89. The van der Waals surface area contributed by atoms with E-state index in [0.29, 0.717) is 17.7 Å². The molecular formula is C23H28N2O3. The van der Waals surface area contributed by atoms with Crippen molar-refractivity contribution in [2.75, 3.05) is 7.11 Å². The molecule has 5 nitrogen and oxygen atoms in total. The Morgan fingerprint density at radius 3 is 2.21 bits per heavy atom. The fraction of sp³-hybridized carbons (Fsp3) is 0.391. The Morgan fingerprint density at radius 1 is 0.929 bits per heavy atom. The van der Waals surface area contributed by atoms with E-state index in [1.807, 2.05) is 24.3 Å². The fourth-order valence-corrected chi connectivity index (χ4v) is 3.52. The first-order valence-corrected chi connectivity index (χ1v) is 9.98. The van der Waals surface area contributed by atoms with Gasteiger partial charge in [0.25, 0.3) is 11.8 Å². The highest BCUT2D eigenvalue weighted by Crippen LogP contribution is 2.18. The predicted octanol–water partition coefficient (Wildman–Crippen LogP) is 4.08. The molecule has 1 aliphatic rings. The van der Waals surface area contributed by atoms with Crippen LogP contribution in [0.25, 0.3) is 0 Å². The van der Waals surface area contributed by atoms with Gasteiger partial charge >= 0.3 is 0 Å². The summed E-state index contributed by atoms with van der Waals surface area (Å²) >= 11 is 0. The molecule has 0 bridgehead atoms. The number of methoxy groups -OCH3 is 1. The second-order valence-corrected chi connectivity index (χ2v) is 7.27. The monoisotopic (exact) mass is 380 g/mol. The maximum Gasteiger partial charge on any atom is 0.251 e. The summed E-state index contributed by atoms with van der Waals surface area (Å²) in [6, 6.07) is 14.7. The molecule has 0 heterocycles. The number of amides is 2. The Hall–Kier alpha value is -2.82. The van der Waals surface area contributed by atoms with E-state index in [2.05, 4.69) is 10.6 Å². The van der Waals surface area contributed by atoms with Gasteiger partial charge in [-0.3, -0.25) is 9.59 Å². The molecule has 148 valence electrons. The largest absolute Gasteiger partial charge is 0.497 e. The second kappa shape index (κ2) is 9.93. The Balaban J connectivity index is 1.57. The highest BCUT2D eigenvalue weighted by atomic mass is 16.5. The lowest BCUT2D eigenvalue weighted by Crippen LogP contribution is -2.34. The summed E-state index contributed by atoms with van der Waals surface area (Å²) in [6.45, 7) is 0.418. The zero-order valence-corrected chi connectivity index (χ0v) is 16.4. The molecule has 0 aliphatic heterocycles. The van der Waals surface area contributed by atoms with Crippen LogP contribution >= 0.6 is 0 Å². The fourth-order valence-electron chi connectivity index (χ4n) is 3.52. The number of benzene rings is 2. The molecule has 0 radical (unpaired) electrons. The third-order valence-corrected chi connectivity index (χ3v) is 5.19. The van der Waals surface area contributed by atoms with Crippen LogP contribution in [0.5, 0.6) is 5.75 Å². The van der Waals surface area contributed by atoms with Crippen LogP contribution in [0.1, 0.15) is 64.8 Å². The van der Waals surface area contributed by atoms with Crippen molar-refractivity contribution in [1.29, 1.82) is 0 Å². The summed E-state index contributed by atoms with van der Waals surface area (Å²) in [7, 11) is 1.62. The van der Waals surface area contributed by atoms with Crippen LogP contribution in [0.2, 0.25) is 0 Å². The quantitative estimate of drug-likeness (QED) is 0.742. The van der Waals surface area contributed by atoms with Crippen molar-refractivity contribution < 1.29 is 14.3 Å². The summed E-state index contributed by atoms with van der Waals surface area (Å²) in [5.74, 6) is 0.485. The van der Waals surface area contributed by atoms with Gasteiger partial charge in [-0.2, -0.15) is 0 Å². The van der Waals surface area contributed by atoms with Gasteiger partial charge in [0.1, 0.15) is 5.75 Å². The first kappa shape index (κ1) is 19.9. The number of carbonyl (C=O) groups excluding carboxylic acids is 2. The van der Waals surface area contributed by atoms with Gasteiger partial charge in [-0.1, -0.05) is 43.9 Å². The highest BCUT2D eigenvalue weighted by molar-refractivity contribution is 5.99. The molecule has 1 fully saturated rings. The minimum Gasteiger partial charge on any atom is -0.497 e. The molecule has 2 aromatic carbocycles. The number of ether oxygens (including phenoxy) is 1. The van der Waals surface area contributed by atoms with Gasteiger partial charge in [-0.15, -0.1) is 0 Å². The maximum absolute atomic E-state index is 12.6. The summed E-state index contributed by atoms with van der Waals surface area (Å²) < 4.78 is 5.14. The standard InChI is InChI=1S/C23H28N2O3/c1-28-21-13-11-17(12-14-21)16-24-22(26)18-7-6-8-19(15-18)23(27)25-20-9-4-2-3-5-10-20/h6-8,11-15,20H,2-5,9-10,16H2,1H3,(H,24,26)(H,25,27). The van der Waals surface area contributed by atoms with Crippen LogP contribution in [0.4, 0.5) is 0 Å². The molecule has 0 unspecified atom stereocenters. The molecule has 2 N–H and O–H groups in total. The molecule has 3 rings (SSSR count). The van der Waals surface area contributed by atoms with Crippen LogP contribution in [0.3, 0.4) is 0 Å². The molecule has 1 aliphatic carbocycles. The van der Waals surface area contributed by atoms with Gasteiger partial charge in [0, 0.05) is 23.7 Å². The Morgan fingerprint density at radius 2 is 1.57 bits per heavy atom. The lowest BCUT2D eigenvalue weighted by atomic mass is 10.1. The van der Waals surface area contributed by atoms with Gasteiger partial charge in [-0.05, 0) is 48.7 Å². The van der Waals surface area contributed by atoms with E-state index in [9.17, 15) is 9.59 Å². The van der Waals surface area contributed by atoms with Gasteiger partial charge in [-0.25, -0.2) is 0 Å². The molecule has 2 amide bonds. The molecule has 0 atom stereocenters. The number of rotatable bonds is 6. The lowest BCUT2D eigenvalue weighted by molar-refractivity contribution is 0.0933. The first-order valence-electron chi connectivity index (χ1n) is 9.98. The normalized spacial score (nSPS) is 14.8. The Bertz CT molecular complexity index is 794. The smallest absolute Gasteiger partial charge is 0.251 e. The maximum atomic E-state index is 12.6. The number of carbonyl (C=O) groups is 2. The minimum atomic E-state index is -0.195. The second-order valence-electron chi connectivity index (χ2n) is 7.27. The van der Waals surface area contributed by atoms with Crippen molar-refractivity contribution in [1.82, 2.24) is 10.6 Å². The van der Waals surface area contributed by atoms with E-state index in [0.717, 1.165) is 24.2 Å². The van der Waals surface area contributed by atoms with E-state index < -0.39 is 0 Å². The van der Waals surface area contributed by atoms with Gasteiger partial charge in [0.05, 0.1) is 7.11 Å². The third kappa shape index (κ3) is 5.59. The number of nitrogens with one attached hydrogen (secondary N) is 2. The molecule has 0 aromatic heterocycles. The zero-order chi connectivity index (χ0) is 19.8. The van der Waals surface area contributed by atoms with Crippen molar-refractivity contribution >= 4 is 11.8 Å². The average molecular weight is 380 g/mol. The third-order valence-electron chi connectivity index (χ3n) is 5.19. The average Bonchev–Trinajstić information content (AvgIpc) is 3.01. The summed E-state index contributed by atoms with van der Waals surface area (Å²) in [4.78, 5) is 25.1. The topological polar surface area (TPSA) is 67.4 Å². The van der Waals surface area contributed by atoms with E-state index >= 15 is 0 Å². The van der Waals surface area contributed by atoms with Gasteiger partial charge < -0.3 is 15.4 Å². The van der Waals surface area contributed by atoms with Crippen molar-refractivity contribution in [3.8, 4) is 5.75 Å². The SMILES string of the molecule is COc1ccc(CNC(=O)c2cccc(C(=O)NC3CCCCCC3)c2)cc1. The van der Waals surface area contributed by atoms with Gasteiger partial charge in [0.15, 0.2) is 0 Å². The number of hydrogen-bond acceptors (Lipinski definition) is 3. The van der Waals surface area contributed by atoms with Crippen molar-refractivity contribution in [2.45, 2.75) is 51.1 Å². The number of hydrogen-bond donors (Lipinski definition) is 2. The minimum absolute atomic E-state index is 0.100. The van der Waals surface area contributed by atoms with Crippen LogP contribution in [-0.4, -0.2) is 25.0 Å². The molecular weight excluding hydrogens is 352 g/mol. The molecule has 5 heteroatoms. The van der Waals surface area contributed by atoms with Crippen molar-refractivity contribution in [3.05, 3.63) is 65.2 Å². The van der Waals surface area contributed by atoms with Crippen LogP contribution < -0.4 is 15.4 Å². The molecule has 2 aromatic rings. The van der Waals surface area contributed by atoms with Gasteiger partial charge in [0.2, 0.25) is 0 Å². The van der Waals surface area contributed by atoms with Crippen LogP contribution in [-0.2, 0) is 6.54 Å². The van der Waals surface area contributed by atoms with E-state index in [1.165, 1.54) is 25.7 Å². The molecule has 0 saturated heterocycles. The lowest BCUT2D eigenvalue weighted by Gasteiger charge is -2.16. The summed E-state index contributed by atoms with van der Waals surface area (Å²) in [5, 5.41) is 6.02. The highest BCUT2D eigenvalue weighted by Gasteiger charge is 2.16. The predicted molar refractivity (Wildman–Crippen MR) is 110 cm³/mol. The molecule has 0 spiro atoms. The van der Waals surface area contributed by atoms with E-state index in [1.54, 1.807) is 31.4 Å². The Kier molecular flexibility index (Phi) is 7.06. The Labute approximate surface area is 166 Å². The molecule has 28 heavy (non-hydrogen) atoms.